The van der Waals surface area contributed by atoms with E-state index >= 15 is 0 Å². The van der Waals surface area contributed by atoms with E-state index in [1.165, 1.54) is 45.6 Å². The van der Waals surface area contributed by atoms with Crippen LogP contribution in [0.25, 0.3) is 0 Å². The molecule has 0 saturated heterocycles. The van der Waals surface area contributed by atoms with Gasteiger partial charge in [-0.05, 0) is 86.4 Å². The van der Waals surface area contributed by atoms with E-state index in [2.05, 4.69) is 36.4 Å². The Hall–Kier alpha value is 0.160. The highest BCUT2D eigenvalue weighted by atomic mass is 127. The number of halogens is 1. The molecule has 0 unspecified atom stereocenters. The number of hydrogen-bond acceptors (Lipinski definition) is 3. The van der Waals surface area contributed by atoms with E-state index in [9.17, 15) is 4.79 Å². The molecule has 25 heavy (non-hydrogen) atoms. The Bertz CT molecular complexity index is 568. The van der Waals surface area contributed by atoms with Crippen LogP contribution in [0.1, 0.15) is 71.6 Å². The molecule has 0 heterocycles. The Kier molecular flexibility index (Phi) is 4.51. The summed E-state index contributed by atoms with van der Waals surface area (Å²) in [6.07, 6.45) is 11.0. The van der Waals surface area contributed by atoms with Gasteiger partial charge in [-0.1, -0.05) is 36.4 Å². The van der Waals surface area contributed by atoms with Crippen LogP contribution in [-0.4, -0.2) is 22.5 Å². The van der Waals surface area contributed by atoms with Gasteiger partial charge in [-0.3, -0.25) is 4.79 Å². The zero-order chi connectivity index (χ0) is 18.0. The Morgan fingerprint density at radius 1 is 1.04 bits per heavy atom. The van der Waals surface area contributed by atoms with Crippen LogP contribution in [0, 0.1) is 34.5 Å². The van der Waals surface area contributed by atoms with E-state index in [-0.39, 0.29) is 22.8 Å². The quantitative estimate of drug-likeness (QED) is 0.351. The topological polar surface area (TPSA) is 52.3 Å². The molecule has 0 amide bonds. The van der Waals surface area contributed by atoms with E-state index in [1.54, 1.807) is 0 Å². The summed E-state index contributed by atoms with van der Waals surface area (Å²) in [5.41, 5.74) is 7.45. The molecule has 4 rings (SSSR count). The summed E-state index contributed by atoms with van der Waals surface area (Å²) in [7, 11) is 1.53. The van der Waals surface area contributed by atoms with Gasteiger partial charge in [0.25, 0.3) is 0 Å². The fourth-order valence-corrected chi connectivity index (χ4v) is 8.72. The fourth-order valence-electron chi connectivity index (χ4n) is 7.80. The number of carbonyl (C=O) groups excluding carboxylic acids is 1. The maximum Gasteiger partial charge on any atom is 0.309 e. The molecular weight excluding hydrogens is 425 g/mol. The molecule has 8 atom stereocenters. The summed E-state index contributed by atoms with van der Waals surface area (Å²) >= 11 is 2.67. The minimum Gasteiger partial charge on any atom is -0.469 e. The van der Waals surface area contributed by atoms with Gasteiger partial charge in [-0.25, -0.2) is 0 Å². The molecule has 4 fully saturated rings. The van der Waals surface area contributed by atoms with E-state index in [1.807, 2.05) is 0 Å². The van der Waals surface area contributed by atoms with E-state index in [0.29, 0.717) is 11.3 Å². The van der Waals surface area contributed by atoms with Crippen LogP contribution in [0.3, 0.4) is 0 Å². The molecule has 4 aliphatic carbocycles. The monoisotopic (exact) mass is 459 g/mol. The summed E-state index contributed by atoms with van der Waals surface area (Å²) in [5, 5.41) is 0. The van der Waals surface area contributed by atoms with Gasteiger partial charge in [0, 0.05) is 9.46 Å². The van der Waals surface area contributed by atoms with Crippen LogP contribution in [-0.2, 0) is 9.53 Å². The van der Waals surface area contributed by atoms with Crippen molar-refractivity contribution in [2.75, 3.05) is 7.11 Å². The van der Waals surface area contributed by atoms with Crippen molar-refractivity contribution in [2.24, 2.45) is 40.2 Å². The number of fused-ring (bicyclic) bond motifs is 5. The Morgan fingerprint density at radius 2 is 1.80 bits per heavy atom. The molecular formula is C21H34INO2. The number of esters is 1. The molecule has 0 radical (unpaired) electrons. The van der Waals surface area contributed by atoms with Gasteiger partial charge in [-0.15, -0.1) is 0 Å². The van der Waals surface area contributed by atoms with Crippen molar-refractivity contribution in [1.82, 2.24) is 0 Å². The Morgan fingerprint density at radius 3 is 2.52 bits per heavy atom. The first kappa shape index (κ1) is 18.5. The second-order valence-corrected chi connectivity index (χ2v) is 11.7. The first-order valence-corrected chi connectivity index (χ1v) is 11.5. The van der Waals surface area contributed by atoms with E-state index < -0.39 is 0 Å². The van der Waals surface area contributed by atoms with Gasteiger partial charge in [0.1, 0.15) is 0 Å². The van der Waals surface area contributed by atoms with E-state index in [4.69, 9.17) is 10.5 Å². The number of rotatable bonds is 1. The van der Waals surface area contributed by atoms with Crippen molar-refractivity contribution in [3.8, 4) is 0 Å². The van der Waals surface area contributed by atoms with Gasteiger partial charge in [0.05, 0.1) is 13.0 Å². The van der Waals surface area contributed by atoms with Gasteiger partial charge >= 0.3 is 5.97 Å². The maximum atomic E-state index is 12.4. The summed E-state index contributed by atoms with van der Waals surface area (Å²) in [5.74, 6) is 2.20. The van der Waals surface area contributed by atoms with Crippen LogP contribution < -0.4 is 5.73 Å². The van der Waals surface area contributed by atoms with Crippen LogP contribution in [0.5, 0.6) is 0 Å². The van der Waals surface area contributed by atoms with E-state index in [0.717, 1.165) is 35.0 Å². The molecule has 0 aromatic rings. The molecule has 142 valence electrons. The van der Waals surface area contributed by atoms with Gasteiger partial charge in [-0.2, -0.15) is 0 Å². The minimum atomic E-state index is -0.177. The number of nitrogens with two attached hydrogens (primary N) is 1. The van der Waals surface area contributed by atoms with Crippen molar-refractivity contribution in [3.63, 3.8) is 0 Å². The zero-order valence-electron chi connectivity index (χ0n) is 16.0. The largest absolute Gasteiger partial charge is 0.469 e. The van der Waals surface area contributed by atoms with Crippen molar-refractivity contribution in [1.29, 1.82) is 0 Å². The molecule has 3 nitrogen and oxygen atoms in total. The third-order valence-electron chi connectivity index (χ3n) is 9.43. The van der Waals surface area contributed by atoms with Crippen LogP contribution in [0.2, 0.25) is 0 Å². The van der Waals surface area contributed by atoms with Crippen molar-refractivity contribution < 1.29 is 9.53 Å². The molecule has 0 aromatic carbocycles. The third-order valence-corrected chi connectivity index (χ3v) is 10.6. The average Bonchev–Trinajstić information content (AvgIpc) is 2.86. The fraction of sp³-hybridized carbons (Fsp3) is 0.952. The van der Waals surface area contributed by atoms with Gasteiger partial charge in [0.15, 0.2) is 0 Å². The second-order valence-electron chi connectivity index (χ2n) is 9.98. The first-order valence-electron chi connectivity index (χ1n) is 10.3. The molecule has 4 aliphatic rings. The van der Waals surface area contributed by atoms with Crippen LogP contribution >= 0.6 is 22.6 Å². The third kappa shape index (κ3) is 2.41. The summed E-state index contributed by atoms with van der Waals surface area (Å²) in [4.78, 5) is 12.4. The molecule has 0 bridgehead atoms. The number of hydrogen-bond donors (Lipinski definition) is 1. The predicted molar refractivity (Wildman–Crippen MR) is 108 cm³/mol. The molecule has 0 spiro atoms. The maximum absolute atomic E-state index is 12.4. The van der Waals surface area contributed by atoms with Crippen molar-refractivity contribution in [3.05, 3.63) is 0 Å². The summed E-state index contributed by atoms with van der Waals surface area (Å²) in [6, 6.07) is 0. The van der Waals surface area contributed by atoms with Crippen molar-refractivity contribution in [2.45, 2.75) is 81.1 Å². The SMILES string of the molecule is COC(=O)[C@H]1CC[C@]2(N)[C@@H]3CC[C@@H]4C[C@@H](I)CC[C@]4(C)[C@H]3CC[C@]12C. The lowest BCUT2D eigenvalue weighted by Gasteiger charge is -2.64. The molecule has 2 N–H and O–H groups in total. The van der Waals surface area contributed by atoms with Crippen LogP contribution in [0.15, 0.2) is 0 Å². The number of alkyl halides is 1. The molecule has 0 aliphatic heterocycles. The summed E-state index contributed by atoms with van der Waals surface area (Å²) < 4.78 is 6.02. The lowest BCUT2D eigenvalue weighted by molar-refractivity contribution is -0.157. The molecule has 4 saturated carbocycles. The highest BCUT2D eigenvalue weighted by molar-refractivity contribution is 14.1. The standard InChI is InChI=1S/C21H34INO2/c1-19-9-6-14(22)12-13(19)4-5-16-15(19)7-10-20(2)17(18(24)25-3)8-11-21(16,20)23/h13-17H,4-12,23H2,1-3H3/t13-,14+,15+,16-,17-,19+,20-,21+/m1/s1. The molecule has 0 aromatic heterocycles. The second kappa shape index (κ2) is 6.08. The lowest BCUT2D eigenvalue weighted by Crippen LogP contribution is -2.66. The zero-order valence-corrected chi connectivity index (χ0v) is 18.2. The highest BCUT2D eigenvalue weighted by Crippen LogP contribution is 2.68. The average molecular weight is 459 g/mol. The highest BCUT2D eigenvalue weighted by Gasteiger charge is 2.67. The van der Waals surface area contributed by atoms with Gasteiger partial charge < -0.3 is 10.5 Å². The number of carbonyl (C=O) groups is 1. The smallest absolute Gasteiger partial charge is 0.309 e. The number of methoxy groups -OCH3 is 1. The number of ether oxygens (including phenoxy) is 1. The van der Waals surface area contributed by atoms with Crippen molar-refractivity contribution >= 4 is 28.6 Å². The Labute approximate surface area is 166 Å². The molecule has 4 heteroatoms. The van der Waals surface area contributed by atoms with Gasteiger partial charge in [0.2, 0.25) is 0 Å². The first-order chi connectivity index (χ1) is 11.8. The Balaban J connectivity index is 1.66. The normalized spacial score (nSPS) is 55.0. The lowest BCUT2D eigenvalue weighted by atomic mass is 9.43. The predicted octanol–water partition coefficient (Wildman–Crippen LogP) is 4.70. The van der Waals surface area contributed by atoms with Crippen LogP contribution in [0.4, 0.5) is 0 Å². The minimum absolute atomic E-state index is 0.000869. The summed E-state index contributed by atoms with van der Waals surface area (Å²) in [6.45, 7) is 4.88.